The summed E-state index contributed by atoms with van der Waals surface area (Å²) in [6, 6.07) is 9.44. The predicted molar refractivity (Wildman–Crippen MR) is 91.5 cm³/mol. The largest absolute Gasteiger partial charge is 0.332 e. The summed E-state index contributed by atoms with van der Waals surface area (Å²) < 4.78 is 4.41. The summed E-state index contributed by atoms with van der Waals surface area (Å²) in [5.74, 6) is 0.472. The van der Waals surface area contributed by atoms with E-state index in [9.17, 15) is 9.59 Å². The Labute approximate surface area is 136 Å². The van der Waals surface area contributed by atoms with Crippen LogP contribution in [0.2, 0.25) is 0 Å². The van der Waals surface area contributed by atoms with Gasteiger partial charge in [0.05, 0.1) is 18.8 Å². The average Bonchev–Trinajstić information content (AvgIpc) is 2.96. The van der Waals surface area contributed by atoms with Gasteiger partial charge in [-0.3, -0.25) is 18.5 Å². The number of nitrogens with zero attached hydrogens (tertiary/aromatic N) is 5. The molecule has 0 bridgehead atoms. The molecule has 1 N–H and O–H groups in total. The van der Waals surface area contributed by atoms with Crippen molar-refractivity contribution in [2.24, 2.45) is 12.1 Å². The number of aromatic nitrogens is 4. The van der Waals surface area contributed by atoms with Crippen LogP contribution < -0.4 is 16.7 Å². The third-order valence-electron chi connectivity index (χ3n) is 4.15. The Hall–Kier alpha value is -3.16. The van der Waals surface area contributed by atoms with Gasteiger partial charge in [0.2, 0.25) is 5.95 Å². The molecule has 0 amide bonds. The fourth-order valence-electron chi connectivity index (χ4n) is 2.93. The van der Waals surface area contributed by atoms with Crippen LogP contribution in [-0.2, 0) is 20.1 Å². The number of fused-ring (bicyclic) bond motifs is 3. The lowest BCUT2D eigenvalue weighted by Crippen LogP contribution is -2.40. The Morgan fingerprint density at radius 2 is 1.96 bits per heavy atom. The molecule has 0 radical (unpaired) electrons. The lowest BCUT2D eigenvalue weighted by molar-refractivity contribution is 0.654. The topological polar surface area (TPSA) is 86.2 Å². The summed E-state index contributed by atoms with van der Waals surface area (Å²) in [6.07, 6.45) is 0. The van der Waals surface area contributed by atoms with Crippen LogP contribution in [0.3, 0.4) is 0 Å². The number of benzene rings is 1. The molecule has 0 unspecified atom stereocenters. The Bertz CT molecular complexity index is 1090. The van der Waals surface area contributed by atoms with E-state index in [1.165, 1.54) is 9.13 Å². The minimum atomic E-state index is -0.385. The third kappa shape index (κ3) is 2.07. The Kier molecular flexibility index (Phi) is 3.12. The molecular weight excluding hydrogens is 308 g/mol. The molecule has 3 aromatic rings. The van der Waals surface area contributed by atoms with Crippen molar-refractivity contribution in [1.82, 2.24) is 18.7 Å². The summed E-state index contributed by atoms with van der Waals surface area (Å²) in [5.41, 5.74) is 4.60. The quantitative estimate of drug-likeness (QED) is 0.753. The van der Waals surface area contributed by atoms with Crippen LogP contribution in [0, 0.1) is 0 Å². The second-order valence-electron chi connectivity index (χ2n) is 5.87. The van der Waals surface area contributed by atoms with Gasteiger partial charge in [-0.15, -0.1) is 0 Å². The third-order valence-corrected chi connectivity index (χ3v) is 4.15. The molecule has 0 spiro atoms. The predicted octanol–water partition coefficient (Wildman–Crippen LogP) is 0.746. The second-order valence-corrected chi connectivity index (χ2v) is 5.87. The maximum Gasteiger partial charge on any atom is 0.332 e. The highest BCUT2D eigenvalue weighted by Crippen LogP contribution is 2.18. The molecule has 24 heavy (non-hydrogen) atoms. The highest BCUT2D eigenvalue weighted by molar-refractivity contribution is 5.87. The van der Waals surface area contributed by atoms with E-state index in [0.29, 0.717) is 23.7 Å². The van der Waals surface area contributed by atoms with Crippen molar-refractivity contribution in [3.63, 3.8) is 0 Å². The van der Waals surface area contributed by atoms with Crippen molar-refractivity contribution in [3.05, 3.63) is 56.7 Å². The van der Waals surface area contributed by atoms with E-state index < -0.39 is 0 Å². The van der Waals surface area contributed by atoms with Gasteiger partial charge >= 0.3 is 5.69 Å². The van der Waals surface area contributed by atoms with Crippen molar-refractivity contribution in [3.8, 4) is 0 Å². The first-order valence-electron chi connectivity index (χ1n) is 7.59. The first kappa shape index (κ1) is 14.4. The smallest absolute Gasteiger partial charge is 0.297 e. The molecule has 0 atom stereocenters. The molecule has 2 aromatic heterocycles. The van der Waals surface area contributed by atoms with Gasteiger partial charge in [0.15, 0.2) is 11.2 Å². The zero-order valence-electron chi connectivity index (χ0n) is 13.4. The van der Waals surface area contributed by atoms with Crippen molar-refractivity contribution in [2.45, 2.75) is 20.0 Å². The number of anilines is 1. The maximum absolute atomic E-state index is 13.0. The van der Waals surface area contributed by atoms with E-state index in [1.807, 2.05) is 37.3 Å². The lowest BCUT2D eigenvalue weighted by Gasteiger charge is -2.13. The fraction of sp³-hybridized carbons (Fsp3) is 0.250. The second kappa shape index (κ2) is 5.19. The van der Waals surface area contributed by atoms with Crippen molar-refractivity contribution < 1.29 is 0 Å². The number of hydrogen-bond donors (Lipinski definition) is 1. The number of nitrogens with one attached hydrogen (secondary N) is 1. The Morgan fingerprint density at radius 3 is 2.71 bits per heavy atom. The van der Waals surface area contributed by atoms with Crippen LogP contribution in [0.15, 0.2) is 45.0 Å². The van der Waals surface area contributed by atoms with Crippen molar-refractivity contribution in [1.29, 1.82) is 0 Å². The van der Waals surface area contributed by atoms with E-state index in [4.69, 9.17) is 0 Å². The standard InChI is InChI=1S/C16H16N6O2/c1-10-8-21-12-13(17-15(21)19-18-10)20(2)16(24)22(14(12)23)9-11-6-4-3-5-7-11/h3-7H,8-9H2,1-2H3,(H,17,19). The van der Waals surface area contributed by atoms with Gasteiger partial charge in [-0.25, -0.2) is 10.2 Å². The number of imidazole rings is 1. The first-order valence-corrected chi connectivity index (χ1v) is 7.59. The molecule has 122 valence electrons. The maximum atomic E-state index is 13.0. The number of hydrogen-bond acceptors (Lipinski definition) is 5. The Morgan fingerprint density at radius 1 is 1.21 bits per heavy atom. The summed E-state index contributed by atoms with van der Waals surface area (Å²) >= 11 is 0. The summed E-state index contributed by atoms with van der Waals surface area (Å²) in [5, 5.41) is 4.13. The zero-order chi connectivity index (χ0) is 16.8. The minimum absolute atomic E-state index is 0.225. The molecule has 0 aliphatic carbocycles. The number of hydrazone groups is 1. The van der Waals surface area contributed by atoms with E-state index >= 15 is 0 Å². The number of rotatable bonds is 2. The van der Waals surface area contributed by atoms with Crippen LogP contribution in [0.25, 0.3) is 11.2 Å². The molecule has 3 heterocycles. The molecule has 1 aliphatic rings. The monoisotopic (exact) mass is 324 g/mol. The van der Waals surface area contributed by atoms with Gasteiger partial charge < -0.3 is 0 Å². The molecular formula is C16H16N6O2. The molecule has 0 fully saturated rings. The molecule has 4 rings (SSSR count). The summed E-state index contributed by atoms with van der Waals surface area (Å²) in [6.45, 7) is 2.56. The van der Waals surface area contributed by atoms with Gasteiger partial charge in [0.1, 0.15) is 0 Å². The van der Waals surface area contributed by atoms with E-state index in [0.717, 1.165) is 11.3 Å². The van der Waals surface area contributed by atoms with Gasteiger partial charge in [-0.1, -0.05) is 30.3 Å². The van der Waals surface area contributed by atoms with Crippen LogP contribution in [0.1, 0.15) is 12.5 Å². The normalized spacial score (nSPS) is 13.5. The Balaban J connectivity index is 1.98. The first-order chi connectivity index (χ1) is 11.6. The van der Waals surface area contributed by atoms with Crippen molar-refractivity contribution >= 4 is 22.8 Å². The molecule has 8 nitrogen and oxygen atoms in total. The van der Waals surface area contributed by atoms with Gasteiger partial charge in [-0.2, -0.15) is 10.1 Å². The van der Waals surface area contributed by atoms with E-state index in [2.05, 4.69) is 15.5 Å². The number of aryl methyl sites for hydroxylation is 1. The van der Waals surface area contributed by atoms with Crippen LogP contribution in [-0.4, -0.2) is 24.4 Å². The lowest BCUT2D eigenvalue weighted by atomic mass is 10.2. The molecule has 1 aliphatic heterocycles. The molecule has 8 heteroatoms. The summed E-state index contributed by atoms with van der Waals surface area (Å²) in [4.78, 5) is 29.9. The van der Waals surface area contributed by atoms with Gasteiger partial charge in [-0.05, 0) is 12.5 Å². The van der Waals surface area contributed by atoms with Crippen molar-refractivity contribution in [2.75, 3.05) is 5.43 Å². The molecule has 0 saturated heterocycles. The molecule has 1 aromatic carbocycles. The average molecular weight is 324 g/mol. The van der Waals surface area contributed by atoms with Gasteiger partial charge in [0, 0.05) is 7.05 Å². The highest BCUT2D eigenvalue weighted by atomic mass is 16.2. The summed E-state index contributed by atoms with van der Waals surface area (Å²) in [7, 11) is 1.62. The molecule has 0 saturated carbocycles. The van der Waals surface area contributed by atoms with E-state index in [-0.39, 0.29) is 17.8 Å². The van der Waals surface area contributed by atoms with Gasteiger partial charge in [0.25, 0.3) is 5.56 Å². The highest BCUT2D eigenvalue weighted by Gasteiger charge is 2.22. The van der Waals surface area contributed by atoms with E-state index in [1.54, 1.807) is 11.6 Å². The van der Waals surface area contributed by atoms with Crippen LogP contribution in [0.4, 0.5) is 5.95 Å². The van der Waals surface area contributed by atoms with Crippen LogP contribution >= 0.6 is 0 Å². The van der Waals surface area contributed by atoms with Crippen LogP contribution in [0.5, 0.6) is 0 Å². The zero-order valence-corrected chi connectivity index (χ0v) is 13.4. The SMILES string of the molecule is CC1=NNc2nc3c(c(=O)n(Cc4ccccc4)c(=O)n3C)n2C1. The fourth-order valence-corrected chi connectivity index (χ4v) is 2.93. The minimum Gasteiger partial charge on any atom is -0.297 e.